The van der Waals surface area contributed by atoms with Gasteiger partial charge in [0.1, 0.15) is 0 Å². The molecule has 0 fully saturated rings. The molecule has 1 N–H and O–H groups in total. The van der Waals surface area contributed by atoms with E-state index in [1.54, 1.807) is 0 Å². The van der Waals surface area contributed by atoms with Crippen molar-refractivity contribution in [2.24, 2.45) is 0 Å². The van der Waals surface area contributed by atoms with Crippen LogP contribution in [0.25, 0.3) is 11.3 Å². The average molecular weight is 356 g/mol. The van der Waals surface area contributed by atoms with Crippen LogP contribution >= 0.6 is 23.1 Å². The van der Waals surface area contributed by atoms with Crippen molar-refractivity contribution in [1.82, 2.24) is 15.0 Å². The number of thiazole rings is 1. The predicted octanol–water partition coefficient (Wildman–Crippen LogP) is 3.95. The van der Waals surface area contributed by atoms with Gasteiger partial charge in [-0.1, -0.05) is 42.1 Å². The number of aryl methyl sites for hydroxylation is 2. The summed E-state index contributed by atoms with van der Waals surface area (Å²) in [6.45, 7) is 3.82. The molecule has 0 aliphatic rings. The Morgan fingerprint density at radius 3 is 2.62 bits per heavy atom. The number of hydrogen-bond acceptors (Lipinski definition) is 6. The summed E-state index contributed by atoms with van der Waals surface area (Å²) in [7, 11) is 0. The van der Waals surface area contributed by atoms with Gasteiger partial charge in [0, 0.05) is 16.6 Å². The third-order valence-electron chi connectivity index (χ3n) is 3.10. The number of aromatic nitrogens is 3. The first kappa shape index (κ1) is 16.6. The molecule has 0 atom stereocenters. The highest BCUT2D eigenvalue weighted by Crippen LogP contribution is 2.22. The Kier molecular flexibility index (Phi) is 5.22. The molecule has 2 heterocycles. The van der Waals surface area contributed by atoms with Crippen molar-refractivity contribution in [2.45, 2.75) is 19.0 Å². The molecule has 5 nitrogen and oxygen atoms in total. The number of thioether (sulfide) groups is 1. The van der Waals surface area contributed by atoms with E-state index in [4.69, 9.17) is 0 Å². The maximum atomic E-state index is 12.0. The van der Waals surface area contributed by atoms with Crippen LogP contribution in [-0.2, 0) is 4.79 Å². The summed E-state index contributed by atoms with van der Waals surface area (Å²) in [5.74, 6) is 0.136. The maximum absolute atomic E-state index is 12.0. The molecule has 0 spiro atoms. The lowest BCUT2D eigenvalue weighted by atomic mass is 10.1. The van der Waals surface area contributed by atoms with E-state index < -0.39 is 0 Å². The lowest BCUT2D eigenvalue weighted by molar-refractivity contribution is -0.113. The first-order valence-electron chi connectivity index (χ1n) is 7.36. The van der Waals surface area contributed by atoms with Crippen LogP contribution in [0, 0.1) is 13.8 Å². The van der Waals surface area contributed by atoms with Crippen molar-refractivity contribution in [3.63, 3.8) is 0 Å². The molecule has 0 bridgehead atoms. The molecule has 1 amide bonds. The maximum Gasteiger partial charge on any atom is 0.236 e. The summed E-state index contributed by atoms with van der Waals surface area (Å²) < 4.78 is 0. The number of anilines is 1. The number of amides is 1. The lowest BCUT2D eigenvalue weighted by Gasteiger charge is -2.06. The molecule has 3 aromatic rings. The van der Waals surface area contributed by atoms with Crippen LogP contribution in [0.5, 0.6) is 0 Å². The monoisotopic (exact) mass is 356 g/mol. The van der Waals surface area contributed by atoms with E-state index in [2.05, 4.69) is 20.3 Å². The van der Waals surface area contributed by atoms with E-state index in [0.717, 1.165) is 22.6 Å². The summed E-state index contributed by atoms with van der Waals surface area (Å²) >= 11 is 2.74. The van der Waals surface area contributed by atoms with Crippen molar-refractivity contribution in [3.05, 3.63) is 53.2 Å². The highest BCUT2D eigenvalue weighted by Gasteiger charge is 2.10. The third kappa shape index (κ3) is 4.39. The summed E-state index contributed by atoms with van der Waals surface area (Å²) in [6.07, 6.45) is 0. The molecule has 1 aromatic carbocycles. The zero-order chi connectivity index (χ0) is 16.9. The highest BCUT2D eigenvalue weighted by molar-refractivity contribution is 7.99. The molecule has 2 aromatic heterocycles. The van der Waals surface area contributed by atoms with E-state index in [1.807, 2.05) is 55.6 Å². The second kappa shape index (κ2) is 7.55. The Balaban J connectivity index is 1.67. The van der Waals surface area contributed by atoms with Gasteiger partial charge in [-0.25, -0.2) is 15.0 Å². The van der Waals surface area contributed by atoms with Gasteiger partial charge in [-0.2, -0.15) is 0 Å². The number of nitrogens with one attached hydrogen (secondary N) is 1. The summed E-state index contributed by atoms with van der Waals surface area (Å²) in [6, 6.07) is 11.9. The van der Waals surface area contributed by atoms with Crippen LogP contribution < -0.4 is 5.32 Å². The summed E-state index contributed by atoms with van der Waals surface area (Å²) in [5, 5.41) is 5.90. The Labute approximate surface area is 148 Å². The van der Waals surface area contributed by atoms with Gasteiger partial charge >= 0.3 is 0 Å². The summed E-state index contributed by atoms with van der Waals surface area (Å²) in [4.78, 5) is 25.2. The van der Waals surface area contributed by atoms with Crippen LogP contribution in [-0.4, -0.2) is 26.6 Å². The molecule has 7 heteroatoms. The van der Waals surface area contributed by atoms with Crippen molar-refractivity contribution in [1.29, 1.82) is 0 Å². The number of carbonyl (C=O) groups is 1. The van der Waals surface area contributed by atoms with Crippen LogP contribution in [0.3, 0.4) is 0 Å². The fraction of sp³-hybridized carbons (Fsp3) is 0.176. The van der Waals surface area contributed by atoms with Crippen LogP contribution in [0.2, 0.25) is 0 Å². The van der Waals surface area contributed by atoms with E-state index in [0.29, 0.717) is 10.3 Å². The molecule has 24 heavy (non-hydrogen) atoms. The third-order valence-corrected chi connectivity index (χ3v) is 4.82. The van der Waals surface area contributed by atoms with E-state index in [-0.39, 0.29) is 11.7 Å². The molecule has 3 rings (SSSR count). The molecule has 0 unspecified atom stereocenters. The standard InChI is InChI=1S/C17H16N4OS2/c1-11-8-14(13-6-4-3-5-7-13)20-16(18-11)24-10-15(22)21-17-19-12(2)9-23-17/h3-9H,10H2,1-2H3,(H,19,21,22). The molecule has 0 saturated carbocycles. The summed E-state index contributed by atoms with van der Waals surface area (Å²) in [5.41, 5.74) is 3.67. The fourth-order valence-corrected chi connectivity index (χ4v) is 3.47. The lowest BCUT2D eigenvalue weighted by Crippen LogP contribution is -2.14. The number of hydrogen-bond donors (Lipinski definition) is 1. The molecule has 0 radical (unpaired) electrons. The molecule has 0 saturated heterocycles. The van der Waals surface area contributed by atoms with Gasteiger partial charge in [0.2, 0.25) is 5.91 Å². The minimum absolute atomic E-state index is 0.110. The quantitative estimate of drug-likeness (QED) is 0.554. The molecular weight excluding hydrogens is 340 g/mol. The van der Waals surface area contributed by atoms with Gasteiger partial charge < -0.3 is 5.32 Å². The number of carbonyl (C=O) groups excluding carboxylic acids is 1. The molecule has 0 aliphatic carbocycles. The van der Waals surface area contributed by atoms with Gasteiger partial charge in [-0.15, -0.1) is 11.3 Å². The average Bonchev–Trinajstić information content (AvgIpc) is 2.98. The van der Waals surface area contributed by atoms with Crippen molar-refractivity contribution < 1.29 is 4.79 Å². The van der Waals surface area contributed by atoms with Crippen LogP contribution in [0.1, 0.15) is 11.4 Å². The SMILES string of the molecule is Cc1cc(-c2ccccc2)nc(SCC(=O)Nc2nc(C)cs2)n1. The Morgan fingerprint density at radius 1 is 1.12 bits per heavy atom. The number of benzene rings is 1. The number of rotatable bonds is 5. The van der Waals surface area contributed by atoms with E-state index >= 15 is 0 Å². The largest absolute Gasteiger partial charge is 0.301 e. The topological polar surface area (TPSA) is 67.8 Å². The van der Waals surface area contributed by atoms with Crippen molar-refractivity contribution >= 4 is 34.1 Å². The zero-order valence-corrected chi connectivity index (χ0v) is 14.9. The first-order valence-corrected chi connectivity index (χ1v) is 9.22. The van der Waals surface area contributed by atoms with E-state index in [1.165, 1.54) is 23.1 Å². The van der Waals surface area contributed by atoms with Crippen LogP contribution in [0.4, 0.5) is 5.13 Å². The van der Waals surface area contributed by atoms with Gasteiger partial charge in [0.15, 0.2) is 10.3 Å². The zero-order valence-electron chi connectivity index (χ0n) is 13.3. The molecule has 0 aliphatic heterocycles. The minimum Gasteiger partial charge on any atom is -0.301 e. The van der Waals surface area contributed by atoms with Gasteiger partial charge in [-0.3, -0.25) is 4.79 Å². The van der Waals surface area contributed by atoms with Gasteiger partial charge in [0.05, 0.1) is 17.1 Å². The normalized spacial score (nSPS) is 10.6. The molecule has 122 valence electrons. The Morgan fingerprint density at radius 2 is 1.92 bits per heavy atom. The van der Waals surface area contributed by atoms with Gasteiger partial charge in [0.25, 0.3) is 0 Å². The fourth-order valence-electron chi connectivity index (χ4n) is 2.06. The number of nitrogens with zero attached hydrogens (tertiary/aromatic N) is 3. The van der Waals surface area contributed by atoms with Crippen molar-refractivity contribution in [3.8, 4) is 11.3 Å². The van der Waals surface area contributed by atoms with Crippen molar-refractivity contribution in [2.75, 3.05) is 11.1 Å². The second-order valence-corrected chi connectivity index (χ2v) is 6.97. The van der Waals surface area contributed by atoms with Crippen LogP contribution in [0.15, 0.2) is 46.9 Å². The first-order chi connectivity index (χ1) is 11.6. The Bertz CT molecular complexity index is 849. The predicted molar refractivity (Wildman–Crippen MR) is 98.4 cm³/mol. The van der Waals surface area contributed by atoms with E-state index in [9.17, 15) is 4.79 Å². The highest BCUT2D eigenvalue weighted by atomic mass is 32.2. The smallest absolute Gasteiger partial charge is 0.236 e. The van der Waals surface area contributed by atoms with Gasteiger partial charge in [-0.05, 0) is 19.9 Å². The second-order valence-electron chi connectivity index (χ2n) is 5.17. The molecular formula is C17H16N4OS2. The minimum atomic E-state index is -0.110. The Hall–Kier alpha value is -2.25.